The van der Waals surface area contributed by atoms with Gasteiger partial charge in [-0.2, -0.15) is 0 Å². The second kappa shape index (κ2) is 5.42. The third-order valence-electron chi connectivity index (χ3n) is 2.47. The van der Waals surface area contributed by atoms with Crippen molar-refractivity contribution in [2.24, 2.45) is 5.73 Å². The third kappa shape index (κ3) is 2.92. The molecule has 2 aromatic rings. The number of nitrogens with zero attached hydrogens (tertiary/aromatic N) is 2. The minimum atomic E-state index is -0.246. The standard InChI is InChI=1S/C12H13BrFN3/c13-12-9(2-1-3-11(12)14)6-17-7-10(4-5-15)16-8-17/h1-3,7-8H,4-6,15H2. The van der Waals surface area contributed by atoms with Crippen molar-refractivity contribution in [1.29, 1.82) is 0 Å². The van der Waals surface area contributed by atoms with E-state index in [1.165, 1.54) is 6.07 Å². The zero-order chi connectivity index (χ0) is 12.3. The first-order valence-electron chi connectivity index (χ1n) is 5.34. The Morgan fingerprint density at radius 2 is 2.24 bits per heavy atom. The molecule has 90 valence electrons. The van der Waals surface area contributed by atoms with Crippen molar-refractivity contribution in [1.82, 2.24) is 9.55 Å². The van der Waals surface area contributed by atoms with Gasteiger partial charge < -0.3 is 10.3 Å². The first kappa shape index (κ1) is 12.3. The number of hydrogen-bond acceptors (Lipinski definition) is 2. The van der Waals surface area contributed by atoms with Crippen molar-refractivity contribution in [3.05, 3.63) is 52.3 Å². The van der Waals surface area contributed by atoms with Crippen LogP contribution in [0.15, 0.2) is 35.2 Å². The fourth-order valence-corrected chi connectivity index (χ4v) is 2.03. The van der Waals surface area contributed by atoms with Crippen LogP contribution in [0.4, 0.5) is 4.39 Å². The zero-order valence-electron chi connectivity index (χ0n) is 9.24. The smallest absolute Gasteiger partial charge is 0.137 e. The van der Waals surface area contributed by atoms with Crippen LogP contribution in [0.1, 0.15) is 11.3 Å². The van der Waals surface area contributed by atoms with E-state index in [0.717, 1.165) is 17.7 Å². The molecule has 0 unspecified atom stereocenters. The van der Waals surface area contributed by atoms with Crippen molar-refractivity contribution in [2.45, 2.75) is 13.0 Å². The largest absolute Gasteiger partial charge is 0.333 e. The lowest BCUT2D eigenvalue weighted by molar-refractivity contribution is 0.616. The van der Waals surface area contributed by atoms with Crippen LogP contribution in [-0.4, -0.2) is 16.1 Å². The lowest BCUT2D eigenvalue weighted by Gasteiger charge is -2.05. The number of hydrogen-bond donors (Lipinski definition) is 1. The predicted octanol–water partition coefficient (Wildman–Crippen LogP) is 2.33. The van der Waals surface area contributed by atoms with Gasteiger partial charge in [0.15, 0.2) is 0 Å². The van der Waals surface area contributed by atoms with Gasteiger partial charge in [0.1, 0.15) is 5.82 Å². The van der Waals surface area contributed by atoms with Crippen LogP contribution < -0.4 is 5.73 Å². The summed E-state index contributed by atoms with van der Waals surface area (Å²) >= 11 is 3.25. The van der Waals surface area contributed by atoms with Crippen LogP contribution in [-0.2, 0) is 13.0 Å². The van der Waals surface area contributed by atoms with Gasteiger partial charge in [-0.15, -0.1) is 0 Å². The fraction of sp³-hybridized carbons (Fsp3) is 0.250. The highest BCUT2D eigenvalue weighted by atomic mass is 79.9. The molecule has 17 heavy (non-hydrogen) atoms. The van der Waals surface area contributed by atoms with Crippen LogP contribution in [0, 0.1) is 5.82 Å². The van der Waals surface area contributed by atoms with Gasteiger partial charge in [0, 0.05) is 19.2 Å². The summed E-state index contributed by atoms with van der Waals surface area (Å²) in [6, 6.07) is 5.02. The van der Waals surface area contributed by atoms with Crippen molar-refractivity contribution < 1.29 is 4.39 Å². The van der Waals surface area contributed by atoms with E-state index in [1.807, 2.05) is 16.8 Å². The molecule has 0 atom stereocenters. The van der Waals surface area contributed by atoms with Gasteiger partial charge in [0.05, 0.1) is 16.5 Å². The normalized spacial score (nSPS) is 10.8. The van der Waals surface area contributed by atoms with E-state index in [9.17, 15) is 4.39 Å². The quantitative estimate of drug-likeness (QED) is 0.941. The van der Waals surface area contributed by atoms with Gasteiger partial charge in [-0.3, -0.25) is 0 Å². The molecule has 0 saturated carbocycles. The highest BCUT2D eigenvalue weighted by molar-refractivity contribution is 9.10. The van der Waals surface area contributed by atoms with Crippen LogP contribution in [0.2, 0.25) is 0 Å². The molecule has 0 radical (unpaired) electrons. The monoisotopic (exact) mass is 297 g/mol. The molecular weight excluding hydrogens is 285 g/mol. The molecule has 0 aliphatic rings. The van der Waals surface area contributed by atoms with E-state index in [2.05, 4.69) is 20.9 Å². The minimum Gasteiger partial charge on any atom is -0.333 e. The van der Waals surface area contributed by atoms with Gasteiger partial charge >= 0.3 is 0 Å². The molecule has 0 spiro atoms. The maximum absolute atomic E-state index is 13.3. The molecule has 0 bridgehead atoms. The molecule has 3 nitrogen and oxygen atoms in total. The van der Waals surface area contributed by atoms with E-state index in [4.69, 9.17) is 5.73 Å². The summed E-state index contributed by atoms with van der Waals surface area (Å²) in [5.41, 5.74) is 7.31. The Morgan fingerprint density at radius 3 is 3.00 bits per heavy atom. The van der Waals surface area contributed by atoms with Crippen LogP contribution in [0.3, 0.4) is 0 Å². The molecule has 1 aromatic heterocycles. The summed E-state index contributed by atoms with van der Waals surface area (Å²) in [5.74, 6) is -0.246. The first-order chi connectivity index (χ1) is 8.20. The average Bonchev–Trinajstić information content (AvgIpc) is 2.73. The number of nitrogens with two attached hydrogens (primary N) is 1. The molecule has 5 heteroatoms. The predicted molar refractivity (Wildman–Crippen MR) is 68.2 cm³/mol. The van der Waals surface area contributed by atoms with E-state index < -0.39 is 0 Å². The summed E-state index contributed by atoms with van der Waals surface area (Å²) in [6.07, 6.45) is 4.43. The molecule has 2 rings (SSSR count). The van der Waals surface area contributed by atoms with E-state index >= 15 is 0 Å². The van der Waals surface area contributed by atoms with Gasteiger partial charge in [0.25, 0.3) is 0 Å². The third-order valence-corrected chi connectivity index (χ3v) is 3.36. The number of rotatable bonds is 4. The van der Waals surface area contributed by atoms with Crippen LogP contribution in [0.5, 0.6) is 0 Å². The number of halogens is 2. The molecular formula is C12H13BrFN3. The maximum atomic E-state index is 13.3. The SMILES string of the molecule is NCCc1cn(Cc2cccc(F)c2Br)cn1. The Hall–Kier alpha value is -1.20. The summed E-state index contributed by atoms with van der Waals surface area (Å²) < 4.78 is 15.7. The maximum Gasteiger partial charge on any atom is 0.137 e. The van der Waals surface area contributed by atoms with Crippen molar-refractivity contribution in [3.8, 4) is 0 Å². The topological polar surface area (TPSA) is 43.8 Å². The molecule has 0 aliphatic carbocycles. The number of benzene rings is 1. The second-order valence-corrected chi connectivity index (χ2v) is 4.58. The minimum absolute atomic E-state index is 0.246. The number of imidazole rings is 1. The van der Waals surface area contributed by atoms with Gasteiger partial charge in [-0.25, -0.2) is 9.37 Å². The fourth-order valence-electron chi connectivity index (χ4n) is 1.64. The van der Waals surface area contributed by atoms with Gasteiger partial charge in [-0.05, 0) is 34.1 Å². The summed E-state index contributed by atoms with van der Waals surface area (Å²) in [4.78, 5) is 4.23. The molecule has 1 heterocycles. The molecule has 0 fully saturated rings. The van der Waals surface area contributed by atoms with Gasteiger partial charge in [-0.1, -0.05) is 12.1 Å². The molecule has 0 amide bonds. The molecule has 0 saturated heterocycles. The van der Waals surface area contributed by atoms with Crippen molar-refractivity contribution in [3.63, 3.8) is 0 Å². The van der Waals surface area contributed by atoms with E-state index in [0.29, 0.717) is 17.6 Å². The van der Waals surface area contributed by atoms with Crippen LogP contribution in [0.25, 0.3) is 0 Å². The van der Waals surface area contributed by atoms with E-state index in [1.54, 1.807) is 12.4 Å². The van der Waals surface area contributed by atoms with E-state index in [-0.39, 0.29) is 5.82 Å². The van der Waals surface area contributed by atoms with Crippen molar-refractivity contribution in [2.75, 3.05) is 6.54 Å². The Bertz CT molecular complexity index is 510. The van der Waals surface area contributed by atoms with Gasteiger partial charge in [0.2, 0.25) is 0 Å². The second-order valence-electron chi connectivity index (χ2n) is 3.79. The Kier molecular flexibility index (Phi) is 3.91. The summed E-state index contributed by atoms with van der Waals surface area (Å²) in [7, 11) is 0. The summed E-state index contributed by atoms with van der Waals surface area (Å²) in [6.45, 7) is 1.18. The lowest BCUT2D eigenvalue weighted by atomic mass is 10.2. The molecule has 1 aromatic carbocycles. The number of aromatic nitrogens is 2. The lowest BCUT2D eigenvalue weighted by Crippen LogP contribution is -2.03. The molecule has 0 aliphatic heterocycles. The highest BCUT2D eigenvalue weighted by Crippen LogP contribution is 2.21. The summed E-state index contributed by atoms with van der Waals surface area (Å²) in [5, 5.41) is 0. The zero-order valence-corrected chi connectivity index (χ0v) is 10.8. The van der Waals surface area contributed by atoms with Crippen molar-refractivity contribution >= 4 is 15.9 Å². The Balaban J connectivity index is 2.16. The Labute approximate surface area is 108 Å². The molecule has 2 N–H and O–H groups in total. The first-order valence-corrected chi connectivity index (χ1v) is 6.13. The van der Waals surface area contributed by atoms with Crippen LogP contribution >= 0.6 is 15.9 Å². The highest BCUT2D eigenvalue weighted by Gasteiger charge is 2.06. The average molecular weight is 298 g/mol. The Morgan fingerprint density at radius 1 is 1.41 bits per heavy atom.